The van der Waals surface area contributed by atoms with Crippen LogP contribution >= 0.6 is 0 Å². The Labute approximate surface area is 105 Å². The maximum Gasteiger partial charge on any atom is 0.416 e. The van der Waals surface area contributed by atoms with E-state index in [1.54, 1.807) is 6.92 Å². The van der Waals surface area contributed by atoms with Crippen LogP contribution in [-0.2, 0) is 17.4 Å². The SMILES string of the molecule is Cc1nc(CC(=O)O)nc2cc(C(F)(F)F)ccc12. The van der Waals surface area contributed by atoms with Crippen LogP contribution in [0.3, 0.4) is 0 Å². The molecule has 0 fully saturated rings. The summed E-state index contributed by atoms with van der Waals surface area (Å²) in [6, 6.07) is 3.14. The third-order valence-corrected chi connectivity index (χ3v) is 2.57. The molecule has 0 saturated heterocycles. The fraction of sp³-hybridized carbons (Fsp3) is 0.250. The summed E-state index contributed by atoms with van der Waals surface area (Å²) in [5.41, 5.74) is -0.270. The summed E-state index contributed by atoms with van der Waals surface area (Å²) < 4.78 is 37.8. The molecule has 1 N–H and O–H groups in total. The molecule has 0 aliphatic rings. The molecule has 0 spiro atoms. The molecule has 0 radical (unpaired) electrons. The fourth-order valence-electron chi connectivity index (χ4n) is 1.74. The van der Waals surface area contributed by atoms with E-state index in [1.165, 1.54) is 6.07 Å². The Morgan fingerprint density at radius 3 is 2.58 bits per heavy atom. The third kappa shape index (κ3) is 2.81. The first kappa shape index (κ1) is 13.3. The van der Waals surface area contributed by atoms with Crippen molar-refractivity contribution < 1.29 is 23.1 Å². The van der Waals surface area contributed by atoms with Crippen molar-refractivity contribution in [3.05, 3.63) is 35.3 Å². The maximum atomic E-state index is 12.6. The highest BCUT2D eigenvalue weighted by atomic mass is 19.4. The lowest BCUT2D eigenvalue weighted by Gasteiger charge is -2.09. The van der Waals surface area contributed by atoms with E-state index in [0.29, 0.717) is 11.1 Å². The normalized spacial score (nSPS) is 11.8. The number of nitrogens with zero attached hydrogens (tertiary/aromatic N) is 2. The van der Waals surface area contributed by atoms with Crippen molar-refractivity contribution in [3.63, 3.8) is 0 Å². The predicted octanol–water partition coefficient (Wildman–Crippen LogP) is 2.58. The average Bonchev–Trinajstić information content (AvgIpc) is 2.26. The summed E-state index contributed by atoms with van der Waals surface area (Å²) in [7, 11) is 0. The number of carboxylic acids is 1. The molecular weight excluding hydrogens is 261 g/mol. The molecule has 1 heterocycles. The van der Waals surface area contributed by atoms with Gasteiger partial charge in [-0.1, -0.05) is 6.07 Å². The Morgan fingerprint density at radius 1 is 1.32 bits per heavy atom. The summed E-state index contributed by atoms with van der Waals surface area (Å²) in [5, 5.41) is 9.13. The first-order valence-corrected chi connectivity index (χ1v) is 5.33. The summed E-state index contributed by atoms with van der Waals surface area (Å²) in [4.78, 5) is 18.4. The molecule has 2 rings (SSSR count). The molecule has 0 aliphatic heterocycles. The van der Waals surface area contributed by atoms with Gasteiger partial charge < -0.3 is 5.11 Å². The largest absolute Gasteiger partial charge is 0.481 e. The lowest BCUT2D eigenvalue weighted by Crippen LogP contribution is -2.08. The van der Waals surface area contributed by atoms with E-state index in [0.717, 1.165) is 12.1 Å². The molecule has 100 valence electrons. The number of alkyl halides is 3. The molecule has 7 heteroatoms. The summed E-state index contributed by atoms with van der Waals surface area (Å²) in [5.74, 6) is -1.14. The second kappa shape index (κ2) is 4.49. The number of aromatic nitrogens is 2. The van der Waals surface area contributed by atoms with Crippen molar-refractivity contribution in [1.29, 1.82) is 0 Å². The van der Waals surface area contributed by atoms with Crippen LogP contribution < -0.4 is 0 Å². The summed E-state index contributed by atoms with van der Waals surface area (Å²) in [6.45, 7) is 1.60. The molecule has 0 amide bonds. The van der Waals surface area contributed by atoms with Gasteiger partial charge in [-0.2, -0.15) is 13.2 Å². The minimum atomic E-state index is -4.46. The molecule has 1 aromatic carbocycles. The van der Waals surface area contributed by atoms with E-state index in [4.69, 9.17) is 5.11 Å². The van der Waals surface area contributed by atoms with Crippen LogP contribution in [0.15, 0.2) is 18.2 Å². The molecule has 0 unspecified atom stereocenters. The second-order valence-electron chi connectivity index (χ2n) is 4.03. The van der Waals surface area contributed by atoms with Gasteiger partial charge in [-0.15, -0.1) is 0 Å². The minimum Gasteiger partial charge on any atom is -0.481 e. The van der Waals surface area contributed by atoms with Crippen LogP contribution in [0.5, 0.6) is 0 Å². The Bertz CT molecular complexity index is 653. The molecular formula is C12H9F3N2O2. The molecule has 1 aromatic heterocycles. The number of aliphatic carboxylic acids is 1. The number of rotatable bonds is 2. The number of carboxylic acid groups (broad SMARTS) is 1. The number of hydrogen-bond acceptors (Lipinski definition) is 3. The van der Waals surface area contributed by atoms with Crippen LogP contribution in [0.4, 0.5) is 13.2 Å². The smallest absolute Gasteiger partial charge is 0.416 e. The highest BCUT2D eigenvalue weighted by molar-refractivity contribution is 5.82. The van der Waals surface area contributed by atoms with Gasteiger partial charge in [0.1, 0.15) is 12.2 Å². The number of aryl methyl sites for hydroxylation is 1. The van der Waals surface area contributed by atoms with Gasteiger partial charge in [0.25, 0.3) is 0 Å². The first-order valence-electron chi connectivity index (χ1n) is 5.33. The third-order valence-electron chi connectivity index (χ3n) is 2.57. The van der Waals surface area contributed by atoms with Gasteiger partial charge in [-0.3, -0.25) is 4.79 Å². The first-order chi connectivity index (χ1) is 8.77. The maximum absolute atomic E-state index is 12.6. The van der Waals surface area contributed by atoms with E-state index in [1.807, 2.05) is 0 Å². The lowest BCUT2D eigenvalue weighted by atomic mass is 10.1. The zero-order valence-corrected chi connectivity index (χ0v) is 9.82. The number of hydrogen-bond donors (Lipinski definition) is 1. The number of carbonyl (C=O) groups is 1. The Kier molecular flexibility index (Phi) is 3.13. The van der Waals surface area contributed by atoms with Crippen molar-refractivity contribution in [3.8, 4) is 0 Å². The Balaban J connectivity index is 2.59. The number of fused-ring (bicyclic) bond motifs is 1. The Hall–Kier alpha value is -2.18. The average molecular weight is 270 g/mol. The van der Waals surface area contributed by atoms with Crippen molar-refractivity contribution in [1.82, 2.24) is 9.97 Å². The van der Waals surface area contributed by atoms with E-state index in [9.17, 15) is 18.0 Å². The van der Waals surface area contributed by atoms with Crippen molar-refractivity contribution >= 4 is 16.9 Å². The van der Waals surface area contributed by atoms with Crippen LogP contribution in [0.1, 0.15) is 17.1 Å². The van der Waals surface area contributed by atoms with Gasteiger partial charge in [-0.05, 0) is 19.1 Å². The van der Waals surface area contributed by atoms with E-state index in [2.05, 4.69) is 9.97 Å². The number of benzene rings is 1. The van der Waals surface area contributed by atoms with Gasteiger partial charge in [0.15, 0.2) is 0 Å². The highest BCUT2D eigenvalue weighted by Gasteiger charge is 2.30. The molecule has 19 heavy (non-hydrogen) atoms. The van der Waals surface area contributed by atoms with Gasteiger partial charge >= 0.3 is 12.1 Å². The zero-order chi connectivity index (χ0) is 14.2. The van der Waals surface area contributed by atoms with Crippen LogP contribution in [0.25, 0.3) is 10.9 Å². The molecule has 0 bridgehead atoms. The lowest BCUT2D eigenvalue weighted by molar-refractivity contribution is -0.138. The standard InChI is InChI=1S/C12H9F3N2O2/c1-6-8-3-2-7(12(13,14)15)4-9(8)17-10(16-6)5-11(18)19/h2-4H,5H2,1H3,(H,18,19). The molecule has 2 aromatic rings. The van der Waals surface area contributed by atoms with Crippen molar-refractivity contribution in [2.45, 2.75) is 19.5 Å². The summed E-state index contributed by atoms with van der Waals surface area (Å²) in [6.07, 6.45) is -4.88. The van der Waals surface area contributed by atoms with E-state index in [-0.39, 0.29) is 11.3 Å². The van der Waals surface area contributed by atoms with Crippen LogP contribution in [-0.4, -0.2) is 21.0 Å². The van der Waals surface area contributed by atoms with Gasteiger partial charge in [0.05, 0.1) is 11.1 Å². The summed E-state index contributed by atoms with van der Waals surface area (Å²) >= 11 is 0. The minimum absolute atomic E-state index is 0.00294. The highest BCUT2D eigenvalue weighted by Crippen LogP contribution is 2.31. The van der Waals surface area contributed by atoms with Gasteiger partial charge in [-0.25, -0.2) is 9.97 Å². The van der Waals surface area contributed by atoms with Gasteiger partial charge in [0, 0.05) is 11.1 Å². The van der Waals surface area contributed by atoms with Gasteiger partial charge in [0.2, 0.25) is 0 Å². The molecule has 0 aliphatic carbocycles. The van der Waals surface area contributed by atoms with E-state index < -0.39 is 24.1 Å². The quantitative estimate of drug-likeness (QED) is 0.911. The van der Waals surface area contributed by atoms with Crippen LogP contribution in [0, 0.1) is 6.92 Å². The van der Waals surface area contributed by atoms with Crippen molar-refractivity contribution in [2.75, 3.05) is 0 Å². The molecule has 4 nitrogen and oxygen atoms in total. The second-order valence-corrected chi connectivity index (χ2v) is 4.03. The van der Waals surface area contributed by atoms with Crippen molar-refractivity contribution in [2.24, 2.45) is 0 Å². The topological polar surface area (TPSA) is 63.1 Å². The number of halogens is 3. The van der Waals surface area contributed by atoms with E-state index >= 15 is 0 Å². The fourth-order valence-corrected chi connectivity index (χ4v) is 1.74. The predicted molar refractivity (Wildman–Crippen MR) is 60.6 cm³/mol. The Morgan fingerprint density at radius 2 is 2.00 bits per heavy atom. The molecule has 0 atom stereocenters. The zero-order valence-electron chi connectivity index (χ0n) is 9.82. The van der Waals surface area contributed by atoms with Crippen LogP contribution in [0.2, 0.25) is 0 Å². The monoisotopic (exact) mass is 270 g/mol. The molecule has 0 saturated carbocycles.